The smallest absolute Gasteiger partial charge is 0.233 e. The maximum atomic E-state index is 14.0. The van der Waals surface area contributed by atoms with Gasteiger partial charge in [0.2, 0.25) is 21.6 Å². The summed E-state index contributed by atoms with van der Waals surface area (Å²) in [7, 11) is -0.271. The summed E-state index contributed by atoms with van der Waals surface area (Å²) in [5.41, 5.74) is 5.27. The Morgan fingerprint density at radius 2 is 1.69 bits per heavy atom. The van der Waals surface area contributed by atoms with Crippen LogP contribution in [0.25, 0.3) is 10.3 Å². The normalized spacial score (nSPS) is 16.0. The van der Waals surface area contributed by atoms with Crippen molar-refractivity contribution in [2.45, 2.75) is 35.0 Å². The fourth-order valence-electron chi connectivity index (χ4n) is 6.15. The number of para-hydroxylation sites is 1. The van der Waals surface area contributed by atoms with Crippen LogP contribution in [0.3, 0.4) is 0 Å². The molecule has 0 radical (unpaired) electrons. The number of hydrogen-bond acceptors (Lipinski definition) is 8. The van der Waals surface area contributed by atoms with Crippen molar-refractivity contribution < 1.29 is 17.9 Å². The Morgan fingerprint density at radius 1 is 0.976 bits per heavy atom. The zero-order chi connectivity index (χ0) is 29.0. The number of ether oxygens (including phenoxy) is 1. The number of rotatable bonds is 6. The summed E-state index contributed by atoms with van der Waals surface area (Å²) in [5, 5.41) is 3.50. The molecule has 5 aromatic rings. The lowest BCUT2D eigenvalue weighted by Gasteiger charge is -2.31. The van der Waals surface area contributed by atoms with E-state index in [4.69, 9.17) is 4.74 Å². The van der Waals surface area contributed by atoms with Crippen molar-refractivity contribution in [3.63, 3.8) is 0 Å². The number of hydrogen-bond donors (Lipinski definition) is 1. The number of pyridine rings is 1. The molecule has 10 heteroatoms. The van der Waals surface area contributed by atoms with Crippen LogP contribution in [0.5, 0.6) is 5.88 Å². The summed E-state index contributed by atoms with van der Waals surface area (Å²) in [4.78, 5) is 26.1. The van der Waals surface area contributed by atoms with Gasteiger partial charge in [-0.15, -0.1) is 0 Å². The number of amides is 1. The second kappa shape index (κ2) is 10.2. The van der Waals surface area contributed by atoms with Crippen molar-refractivity contribution in [3.8, 4) is 5.88 Å². The second-order valence-corrected chi connectivity index (χ2v) is 13.6. The Morgan fingerprint density at radius 3 is 2.45 bits per heavy atom. The van der Waals surface area contributed by atoms with Crippen LogP contribution in [0.15, 0.2) is 88.7 Å². The van der Waals surface area contributed by atoms with Crippen LogP contribution in [0, 0.1) is 5.92 Å². The first-order valence-corrected chi connectivity index (χ1v) is 16.0. The number of methoxy groups -OCH3 is 1. The van der Waals surface area contributed by atoms with Crippen LogP contribution >= 0.6 is 11.3 Å². The Bertz CT molecular complexity index is 1950. The number of aromatic nitrogens is 2. The van der Waals surface area contributed by atoms with E-state index in [9.17, 15) is 13.2 Å². The monoisotopic (exact) mass is 596 g/mol. The van der Waals surface area contributed by atoms with Gasteiger partial charge in [-0.25, -0.2) is 18.4 Å². The van der Waals surface area contributed by atoms with E-state index in [1.807, 2.05) is 30.1 Å². The molecule has 212 valence electrons. The van der Waals surface area contributed by atoms with Gasteiger partial charge in [-0.1, -0.05) is 53.8 Å². The highest BCUT2D eigenvalue weighted by atomic mass is 32.2. The average molecular weight is 597 g/mol. The van der Waals surface area contributed by atoms with Gasteiger partial charge in [0.05, 0.1) is 34.2 Å². The molecule has 1 aliphatic carbocycles. The van der Waals surface area contributed by atoms with Gasteiger partial charge in [-0.05, 0) is 72.2 Å². The molecule has 0 spiro atoms. The van der Waals surface area contributed by atoms with Crippen LogP contribution in [0.1, 0.15) is 29.0 Å². The van der Waals surface area contributed by atoms with E-state index >= 15 is 0 Å². The lowest BCUT2D eigenvalue weighted by atomic mass is 9.86. The van der Waals surface area contributed by atoms with E-state index in [1.165, 1.54) is 22.5 Å². The van der Waals surface area contributed by atoms with Crippen molar-refractivity contribution in [1.82, 2.24) is 9.97 Å². The first-order chi connectivity index (χ1) is 20.3. The quantitative estimate of drug-likeness (QED) is 0.251. The number of nitrogens with zero attached hydrogens (tertiary/aromatic N) is 3. The Balaban J connectivity index is 1.25. The first-order valence-electron chi connectivity index (χ1n) is 13.7. The second-order valence-electron chi connectivity index (χ2n) is 10.8. The van der Waals surface area contributed by atoms with Crippen molar-refractivity contribution >= 4 is 53.9 Å². The van der Waals surface area contributed by atoms with Gasteiger partial charge in [0.1, 0.15) is 10.3 Å². The van der Waals surface area contributed by atoms with Gasteiger partial charge in [-0.2, -0.15) is 0 Å². The van der Waals surface area contributed by atoms with E-state index < -0.39 is 15.8 Å². The lowest BCUT2D eigenvalue weighted by Crippen LogP contribution is -2.26. The predicted octanol–water partition coefficient (Wildman–Crippen LogP) is 6.14. The molecule has 42 heavy (non-hydrogen) atoms. The van der Waals surface area contributed by atoms with Crippen LogP contribution in [-0.4, -0.2) is 38.5 Å². The molecule has 8 nitrogen and oxygen atoms in total. The van der Waals surface area contributed by atoms with Crippen LogP contribution in [0.2, 0.25) is 0 Å². The summed E-state index contributed by atoms with van der Waals surface area (Å²) in [6.45, 7) is 0. The Kier molecular flexibility index (Phi) is 6.47. The summed E-state index contributed by atoms with van der Waals surface area (Å²) in [5.74, 6) is 0.0612. The summed E-state index contributed by atoms with van der Waals surface area (Å²) < 4.78 is 32.2. The molecule has 1 atom stereocenters. The fourth-order valence-corrected chi connectivity index (χ4v) is 8.68. The zero-order valence-corrected chi connectivity index (χ0v) is 24.7. The number of carbonyl (C=O) groups is 1. The number of benzene rings is 3. The van der Waals surface area contributed by atoms with Gasteiger partial charge < -0.3 is 15.0 Å². The lowest BCUT2D eigenvalue weighted by molar-refractivity contribution is -0.118. The molecule has 1 unspecified atom stereocenters. The minimum absolute atomic E-state index is 0.182. The first kappa shape index (κ1) is 26.6. The van der Waals surface area contributed by atoms with Gasteiger partial charge in [0.15, 0.2) is 5.13 Å². The predicted molar refractivity (Wildman–Crippen MR) is 164 cm³/mol. The van der Waals surface area contributed by atoms with Gasteiger partial charge >= 0.3 is 0 Å². The van der Waals surface area contributed by atoms with Gasteiger partial charge in [-0.3, -0.25) is 4.79 Å². The number of nitrogens with one attached hydrogen (secondary N) is 1. The Labute approximate surface area is 247 Å². The molecule has 0 saturated heterocycles. The largest absolute Gasteiger partial charge is 0.481 e. The minimum atomic E-state index is -3.69. The molecule has 2 aromatic heterocycles. The van der Waals surface area contributed by atoms with Gasteiger partial charge in [0.25, 0.3) is 0 Å². The molecule has 1 N–H and O–H groups in total. The molecule has 0 saturated carbocycles. The summed E-state index contributed by atoms with van der Waals surface area (Å²) in [6.07, 6.45) is 2.41. The highest BCUT2D eigenvalue weighted by Gasteiger charge is 2.35. The standard InChI is InChI=1S/C32H28N4O4S2/c1-36-25-9-5-6-10-27(25)42(38,39)28-13-11-22(18-26(28)36)23(17-19-15-20-7-3-4-8-21(20)16-19)30(37)35-32-33-24-12-14-29(40-2)34-31(24)41-32/h3-14,18-19,23H,15-17H2,1-2H3,(H,33,35,37). The van der Waals surface area contributed by atoms with Crippen LogP contribution < -0.4 is 15.0 Å². The van der Waals surface area contributed by atoms with Crippen molar-refractivity contribution in [3.05, 3.63) is 95.6 Å². The molecule has 3 aromatic carbocycles. The van der Waals surface area contributed by atoms with E-state index in [2.05, 4.69) is 39.6 Å². The topological polar surface area (TPSA) is 101 Å². The third kappa shape index (κ3) is 4.51. The number of fused-ring (bicyclic) bond motifs is 4. The minimum Gasteiger partial charge on any atom is -0.481 e. The third-order valence-corrected chi connectivity index (χ3v) is 11.0. The number of anilines is 3. The molecule has 7 rings (SSSR count). The SMILES string of the molecule is COc1ccc2nc(NC(=O)C(CC3Cc4ccccc4C3)c3ccc4c(c3)N(C)c3ccccc3S4(=O)=O)sc2n1. The molecule has 1 aliphatic heterocycles. The maximum Gasteiger partial charge on any atom is 0.233 e. The van der Waals surface area contributed by atoms with Gasteiger partial charge in [0, 0.05) is 13.1 Å². The number of thiazole rings is 1. The van der Waals surface area contributed by atoms with E-state index in [1.54, 1.807) is 43.5 Å². The van der Waals surface area contributed by atoms with Crippen molar-refractivity contribution in [2.75, 3.05) is 24.4 Å². The number of sulfone groups is 1. The fraction of sp³-hybridized carbons (Fsp3) is 0.219. The highest BCUT2D eigenvalue weighted by molar-refractivity contribution is 7.92. The van der Waals surface area contributed by atoms with E-state index in [-0.39, 0.29) is 21.6 Å². The van der Waals surface area contributed by atoms with Crippen molar-refractivity contribution in [1.29, 1.82) is 0 Å². The molecule has 0 fully saturated rings. The Hall–Kier alpha value is -4.28. The maximum absolute atomic E-state index is 14.0. The molecular formula is C32H28N4O4S2. The highest BCUT2D eigenvalue weighted by Crippen LogP contribution is 2.45. The third-order valence-electron chi connectivity index (χ3n) is 8.24. The van der Waals surface area contributed by atoms with E-state index in [0.717, 1.165) is 18.4 Å². The van der Waals surface area contributed by atoms with Crippen LogP contribution in [-0.2, 0) is 27.5 Å². The summed E-state index contributed by atoms with van der Waals surface area (Å²) >= 11 is 1.29. The summed E-state index contributed by atoms with van der Waals surface area (Å²) in [6, 6.07) is 24.3. The molecule has 1 amide bonds. The van der Waals surface area contributed by atoms with Crippen molar-refractivity contribution in [2.24, 2.45) is 5.92 Å². The number of carbonyl (C=O) groups excluding carboxylic acids is 1. The van der Waals surface area contributed by atoms with Crippen LogP contribution in [0.4, 0.5) is 16.5 Å². The molecule has 2 aliphatic rings. The van der Waals surface area contributed by atoms with E-state index in [0.29, 0.717) is 39.2 Å². The molecular weight excluding hydrogens is 569 g/mol. The average Bonchev–Trinajstić information content (AvgIpc) is 3.61. The zero-order valence-electron chi connectivity index (χ0n) is 23.1. The molecule has 3 heterocycles. The molecule has 0 bridgehead atoms.